The van der Waals surface area contributed by atoms with Crippen LogP contribution in [0, 0.1) is 0 Å². The van der Waals surface area contributed by atoms with E-state index in [1.54, 1.807) is 0 Å². The number of alkyl halides is 24. The predicted molar refractivity (Wildman–Crippen MR) is 223 cm³/mol. The molecule has 0 saturated carbocycles. The van der Waals surface area contributed by atoms with Gasteiger partial charge in [0.15, 0.2) is 5.75 Å². The zero-order valence-corrected chi connectivity index (χ0v) is 37.6. The Morgan fingerprint density at radius 3 is 0.740 bits per heavy atom. The van der Waals surface area contributed by atoms with Gasteiger partial charge in [-0.15, -0.1) is 0 Å². The lowest BCUT2D eigenvalue weighted by molar-refractivity contribution is -0.144. The summed E-state index contributed by atoms with van der Waals surface area (Å²) in [6.07, 6.45) is -52.4. The summed E-state index contributed by atoms with van der Waals surface area (Å²) in [4.78, 5) is 12.0. The lowest BCUT2D eigenvalue weighted by atomic mass is 9.12. The number of hydrogen-bond acceptors (Lipinski definition) is 1. The topological polar surface area (TPSA) is 17.1 Å². The second-order valence-corrected chi connectivity index (χ2v) is 18.5. The highest BCUT2D eigenvalue weighted by atomic mass is 32.2. The molecule has 5 aromatic rings. The van der Waals surface area contributed by atoms with Crippen LogP contribution in [0.5, 0.6) is 0 Å². The number of ketones is 1. The van der Waals surface area contributed by atoms with E-state index >= 15 is 0 Å². The van der Waals surface area contributed by atoms with Crippen molar-refractivity contribution in [2.75, 3.05) is 17.3 Å². The monoisotopic (exact) mass is 1100 g/mol. The molecular formula is C46H33BF24OS. The van der Waals surface area contributed by atoms with Crippen molar-refractivity contribution >= 4 is 44.7 Å². The first kappa shape index (κ1) is 60.1. The molecule has 0 aromatic heterocycles. The summed E-state index contributed by atoms with van der Waals surface area (Å²) in [5, 5.41) is 0. The van der Waals surface area contributed by atoms with E-state index in [0.717, 1.165) is 11.3 Å². The highest BCUT2D eigenvalue weighted by Crippen LogP contribution is 2.41. The van der Waals surface area contributed by atoms with E-state index in [-0.39, 0.29) is 0 Å². The summed E-state index contributed by atoms with van der Waals surface area (Å²) in [6.45, 7) is 4.39. The molecule has 73 heavy (non-hydrogen) atoms. The fraction of sp³-hybridized carbons (Fsp3) is 0.326. The Balaban J connectivity index is 0.000000613. The van der Waals surface area contributed by atoms with E-state index in [1.165, 1.54) is 24.3 Å². The van der Waals surface area contributed by atoms with Gasteiger partial charge >= 0.3 is 49.4 Å². The van der Waals surface area contributed by atoms with Gasteiger partial charge in [0.2, 0.25) is 5.78 Å². The maximum Gasteiger partial charge on any atom is 0.416 e. The Morgan fingerprint density at radius 2 is 0.562 bits per heavy atom. The number of hydrogen-bond donors (Lipinski definition) is 0. The third-order valence-corrected chi connectivity index (χ3v) is 13.5. The van der Waals surface area contributed by atoms with Gasteiger partial charge in [0.05, 0.1) is 44.5 Å². The van der Waals surface area contributed by atoms with Crippen molar-refractivity contribution in [3.63, 3.8) is 0 Å². The molecule has 5 aromatic carbocycles. The second-order valence-electron chi connectivity index (χ2n) is 16.2. The van der Waals surface area contributed by atoms with Gasteiger partial charge in [-0.05, 0) is 48.0 Å². The highest BCUT2D eigenvalue weighted by molar-refractivity contribution is 7.97. The molecule has 0 amide bonds. The van der Waals surface area contributed by atoms with E-state index < -0.39 is 195 Å². The minimum Gasteiger partial charge on any atom is -0.289 e. The van der Waals surface area contributed by atoms with Crippen molar-refractivity contribution in [2.24, 2.45) is 0 Å². The number of benzene rings is 5. The molecule has 0 aliphatic rings. The van der Waals surface area contributed by atoms with Crippen molar-refractivity contribution < 1.29 is 110 Å². The molecule has 27 heteroatoms. The molecule has 400 valence electrons. The molecule has 0 heterocycles. The summed E-state index contributed by atoms with van der Waals surface area (Å²) >= 11 is 0. The van der Waals surface area contributed by atoms with Crippen molar-refractivity contribution in [3.8, 4) is 0 Å². The molecule has 1 nitrogen and oxygen atoms in total. The zero-order valence-electron chi connectivity index (χ0n) is 36.8. The molecule has 5 rings (SSSR count). The average Bonchev–Trinajstić information content (AvgIpc) is 3.24. The van der Waals surface area contributed by atoms with Crippen LogP contribution in [0.1, 0.15) is 81.6 Å². The van der Waals surface area contributed by atoms with Gasteiger partial charge in [-0.3, -0.25) is 4.79 Å². The Hall–Kier alpha value is -5.50. The normalized spacial score (nSPS) is 13.5. The van der Waals surface area contributed by atoms with E-state index in [2.05, 4.69) is 13.8 Å². The summed E-state index contributed by atoms with van der Waals surface area (Å²) in [5.74, 6) is 3.45. The van der Waals surface area contributed by atoms with Crippen molar-refractivity contribution in [1.82, 2.24) is 0 Å². The number of Topliss-reactive ketones (excluding diaryl/α,β-unsaturated/α-hetero) is 1. The Labute approximate surface area is 400 Å². The van der Waals surface area contributed by atoms with Crippen molar-refractivity contribution in [3.05, 3.63) is 153 Å². The van der Waals surface area contributed by atoms with Gasteiger partial charge in [-0.2, -0.15) is 127 Å². The maximum absolute atomic E-state index is 14.2. The molecule has 0 aliphatic heterocycles. The Kier molecular flexibility index (Phi) is 17.6. The van der Waals surface area contributed by atoms with Crippen LogP contribution in [-0.4, -0.2) is 29.2 Å². The summed E-state index contributed by atoms with van der Waals surface area (Å²) in [5.41, 5.74) is -29.3. The largest absolute Gasteiger partial charge is 0.416 e. The lowest BCUT2D eigenvalue weighted by Crippen LogP contribution is -2.75. The third kappa shape index (κ3) is 14.9. The maximum atomic E-state index is 14.2. The van der Waals surface area contributed by atoms with Crippen molar-refractivity contribution in [2.45, 2.75) is 76.1 Å². The van der Waals surface area contributed by atoms with Gasteiger partial charge in [0.1, 0.15) is 17.7 Å². The quantitative estimate of drug-likeness (QED) is 0.0558. The van der Waals surface area contributed by atoms with E-state index in [9.17, 15) is 110 Å². The third-order valence-electron chi connectivity index (χ3n) is 10.9. The summed E-state index contributed by atoms with van der Waals surface area (Å²) in [7, 11) is 0.295. The molecule has 0 spiro atoms. The molecular weight excluding hydrogens is 1070 g/mol. The van der Waals surface area contributed by atoms with Crippen LogP contribution in [0.15, 0.2) is 103 Å². The Morgan fingerprint density at radius 1 is 0.356 bits per heavy atom. The summed E-state index contributed by atoms with van der Waals surface area (Å²) < 4.78 is 341. The van der Waals surface area contributed by atoms with Crippen LogP contribution in [0.3, 0.4) is 0 Å². The van der Waals surface area contributed by atoms with Gasteiger partial charge in [0.25, 0.3) is 0 Å². The van der Waals surface area contributed by atoms with Gasteiger partial charge < -0.3 is 0 Å². The fourth-order valence-corrected chi connectivity index (χ4v) is 9.97. The zero-order chi connectivity index (χ0) is 55.7. The van der Waals surface area contributed by atoms with Gasteiger partial charge in [-0.1, -0.05) is 92.7 Å². The first-order valence-corrected chi connectivity index (χ1v) is 22.3. The summed E-state index contributed by atoms with van der Waals surface area (Å²) in [6, 6.07) is 0.851. The van der Waals surface area contributed by atoms with Crippen LogP contribution in [0.2, 0.25) is 0 Å². The molecule has 0 bridgehead atoms. The molecule has 0 fully saturated rings. The molecule has 0 N–H and O–H groups in total. The fourth-order valence-electron chi connectivity index (χ4n) is 7.79. The van der Waals surface area contributed by atoms with Crippen LogP contribution < -0.4 is 21.9 Å². The van der Waals surface area contributed by atoms with E-state index in [0.29, 0.717) is 16.7 Å². The smallest absolute Gasteiger partial charge is 0.289 e. The Bertz CT molecular complexity index is 2260. The lowest BCUT2D eigenvalue weighted by Gasteiger charge is -2.46. The van der Waals surface area contributed by atoms with Gasteiger partial charge in [-0.25, -0.2) is 0 Å². The SMILES string of the molecule is CCC[S+](CCC)CC(=O)c1ccccc1.FC(F)(F)c1cc([B-](c2cc(C(F)(F)F)cc(C(F)(F)F)c2)(c2cc(C(F)(F)F)cc(C(F)(F)F)c2)c2cc(C(F)(F)F)cc(C(F)(F)F)c2)cc(C(F)(F)F)c1. The molecule has 0 aliphatic carbocycles. The average molecular weight is 1100 g/mol. The minimum absolute atomic E-state index is 0.295. The molecule has 0 radical (unpaired) electrons. The predicted octanol–water partition coefficient (Wildman–Crippen LogP) is 14.5. The standard InChI is InChI=1S/C32H12BF24.C14H21OS/c34-25(35,36)13-1-14(26(37,38)39)6-21(5-13)33(22-7-15(27(40,41)42)2-16(8-22)28(43,44)45,23-9-17(29(46,47)48)3-18(10-23)30(49,50)51)24-11-19(31(52,53)54)4-20(12-24)32(55,56)57;1-3-10-16(11-4-2)12-14(15)13-8-6-5-7-9-13/h1-12H;5-9H,3-4,10-12H2,1-2H3/q-1;+1. The highest BCUT2D eigenvalue weighted by Gasteiger charge is 2.47. The number of halogens is 24. The molecule has 0 atom stereocenters. The van der Waals surface area contributed by atoms with Gasteiger partial charge in [0, 0.05) is 5.56 Å². The molecule has 0 unspecified atom stereocenters. The molecule has 0 saturated heterocycles. The first-order chi connectivity index (χ1) is 33.0. The minimum atomic E-state index is -6.13. The number of carbonyl (C=O) groups is 1. The van der Waals surface area contributed by atoms with Crippen molar-refractivity contribution in [1.29, 1.82) is 0 Å². The van der Waals surface area contributed by atoms with Crippen LogP contribution >= 0.6 is 0 Å². The van der Waals surface area contributed by atoms with Crippen LogP contribution in [0.4, 0.5) is 105 Å². The second kappa shape index (κ2) is 21.4. The van der Waals surface area contributed by atoms with E-state index in [1.807, 2.05) is 30.3 Å². The van der Waals surface area contributed by atoms with Crippen LogP contribution in [0.25, 0.3) is 0 Å². The van der Waals surface area contributed by atoms with E-state index in [4.69, 9.17) is 0 Å². The number of rotatable bonds is 11. The number of carbonyl (C=O) groups excluding carboxylic acids is 1. The van der Waals surface area contributed by atoms with Crippen LogP contribution in [-0.2, 0) is 60.3 Å². The first-order valence-electron chi connectivity index (χ1n) is 20.6.